The van der Waals surface area contributed by atoms with E-state index in [1.165, 1.54) is 10.7 Å². The number of rotatable bonds is 4. The fourth-order valence-corrected chi connectivity index (χ4v) is 3.12. The van der Waals surface area contributed by atoms with Crippen LogP contribution in [0.4, 0.5) is 0 Å². The van der Waals surface area contributed by atoms with Gasteiger partial charge >= 0.3 is 5.97 Å². The zero-order valence-corrected chi connectivity index (χ0v) is 13.2. The van der Waals surface area contributed by atoms with Crippen LogP contribution in [0.15, 0.2) is 9.15 Å². The molecule has 17 heavy (non-hydrogen) atoms. The molecule has 1 unspecified atom stereocenters. The van der Waals surface area contributed by atoms with Gasteiger partial charge in [0.05, 0.1) is 20.3 Å². The average molecular weight is 352 g/mol. The molecule has 1 atom stereocenters. The first-order valence-corrected chi connectivity index (χ1v) is 7.10. The lowest BCUT2D eigenvalue weighted by Gasteiger charge is -2.28. The quantitative estimate of drug-likeness (QED) is 0.575. The molecule has 0 saturated carbocycles. The van der Waals surface area contributed by atoms with E-state index in [9.17, 15) is 4.79 Å². The highest BCUT2D eigenvalue weighted by molar-refractivity contribution is 14.1. The summed E-state index contributed by atoms with van der Waals surface area (Å²) in [4.78, 5) is 12.2. The van der Waals surface area contributed by atoms with Crippen molar-refractivity contribution in [3.63, 3.8) is 0 Å². The van der Waals surface area contributed by atoms with Gasteiger partial charge in [0.25, 0.3) is 0 Å². The first-order valence-electron chi connectivity index (χ1n) is 6.02. The largest absolute Gasteiger partial charge is 0.468 e. The van der Waals surface area contributed by atoms with E-state index < -0.39 is 5.41 Å². The van der Waals surface area contributed by atoms with Crippen LogP contribution < -0.4 is 0 Å². The van der Waals surface area contributed by atoms with Crippen LogP contribution >= 0.6 is 22.6 Å². The van der Waals surface area contributed by atoms with Crippen molar-refractivity contribution < 1.29 is 14.3 Å². The number of carbonyl (C=O) groups excluding carboxylic acids is 1. The molecule has 0 aromatic heterocycles. The van der Waals surface area contributed by atoms with Crippen molar-refractivity contribution >= 4 is 28.6 Å². The lowest BCUT2D eigenvalue weighted by molar-refractivity contribution is -0.151. The van der Waals surface area contributed by atoms with Crippen LogP contribution in [0, 0.1) is 11.3 Å². The third-order valence-electron chi connectivity index (χ3n) is 3.14. The van der Waals surface area contributed by atoms with Crippen LogP contribution in [-0.2, 0) is 14.3 Å². The van der Waals surface area contributed by atoms with E-state index >= 15 is 0 Å². The highest BCUT2D eigenvalue weighted by Crippen LogP contribution is 2.44. The summed E-state index contributed by atoms with van der Waals surface area (Å²) in [6.07, 6.45) is 1.73. The molecule has 1 aliphatic rings. The summed E-state index contributed by atoms with van der Waals surface area (Å²) in [5, 5.41) is 0. The van der Waals surface area contributed by atoms with E-state index in [1.54, 1.807) is 0 Å². The van der Waals surface area contributed by atoms with Gasteiger partial charge in [-0.05, 0) is 50.5 Å². The smallest absolute Gasteiger partial charge is 0.318 e. The number of hydrogen-bond donors (Lipinski definition) is 0. The fourth-order valence-electron chi connectivity index (χ4n) is 2.44. The summed E-state index contributed by atoms with van der Waals surface area (Å²) < 4.78 is 11.8. The van der Waals surface area contributed by atoms with Gasteiger partial charge < -0.3 is 9.47 Å². The van der Waals surface area contributed by atoms with Gasteiger partial charge in [0, 0.05) is 0 Å². The SMILES string of the molecule is CC/C(I)=C1/COCC1(CC(C)C)C(=O)OC. The third kappa shape index (κ3) is 3.02. The van der Waals surface area contributed by atoms with Gasteiger partial charge in [-0.25, -0.2) is 0 Å². The summed E-state index contributed by atoms with van der Waals surface area (Å²) >= 11 is 2.32. The number of esters is 1. The van der Waals surface area contributed by atoms with Gasteiger partial charge in [-0.2, -0.15) is 0 Å². The van der Waals surface area contributed by atoms with Gasteiger partial charge in [0.15, 0.2) is 0 Å². The Kier molecular flexibility index (Phi) is 5.44. The molecule has 1 saturated heterocycles. The van der Waals surface area contributed by atoms with E-state index in [0.717, 1.165) is 18.4 Å². The van der Waals surface area contributed by atoms with Crippen LogP contribution in [0.25, 0.3) is 0 Å². The molecule has 1 aliphatic heterocycles. The Morgan fingerprint density at radius 1 is 1.59 bits per heavy atom. The molecular formula is C13H21IO3. The van der Waals surface area contributed by atoms with Gasteiger partial charge in [-0.3, -0.25) is 4.79 Å². The summed E-state index contributed by atoms with van der Waals surface area (Å²) in [5.74, 6) is 0.285. The highest BCUT2D eigenvalue weighted by Gasteiger charge is 2.48. The van der Waals surface area contributed by atoms with Gasteiger partial charge in [0.1, 0.15) is 5.41 Å². The summed E-state index contributed by atoms with van der Waals surface area (Å²) in [6.45, 7) is 7.37. The number of hydrogen-bond acceptors (Lipinski definition) is 3. The van der Waals surface area contributed by atoms with E-state index in [-0.39, 0.29) is 5.97 Å². The van der Waals surface area contributed by atoms with E-state index in [4.69, 9.17) is 9.47 Å². The van der Waals surface area contributed by atoms with Crippen LogP contribution in [-0.4, -0.2) is 26.3 Å². The van der Waals surface area contributed by atoms with Gasteiger partial charge in [0.2, 0.25) is 0 Å². The number of carbonyl (C=O) groups is 1. The maximum atomic E-state index is 12.2. The van der Waals surface area contributed by atoms with Crippen LogP contribution in [0.2, 0.25) is 0 Å². The zero-order chi connectivity index (χ0) is 13.1. The van der Waals surface area contributed by atoms with Crippen LogP contribution in [0.5, 0.6) is 0 Å². The molecule has 0 aliphatic carbocycles. The summed E-state index contributed by atoms with van der Waals surface area (Å²) in [7, 11) is 1.46. The standard InChI is InChI=1S/C13H21IO3/c1-5-11(14)10-7-17-8-13(10,6-9(2)3)12(15)16-4/h9H,5-8H2,1-4H3/b11-10+. The Balaban J connectivity index is 3.17. The Bertz CT molecular complexity index is 323. The maximum Gasteiger partial charge on any atom is 0.318 e. The average Bonchev–Trinajstić information content (AvgIpc) is 2.70. The Hall–Kier alpha value is -0.100. The predicted octanol–water partition coefficient (Wildman–Crippen LogP) is 3.32. The molecule has 98 valence electrons. The minimum atomic E-state index is -0.546. The van der Waals surface area contributed by atoms with Crippen molar-refractivity contribution in [1.29, 1.82) is 0 Å². The molecule has 0 amide bonds. The van der Waals surface area contributed by atoms with Gasteiger partial charge in [-0.15, -0.1) is 0 Å². The molecule has 0 radical (unpaired) electrons. The molecule has 1 fully saturated rings. The molecule has 0 aromatic carbocycles. The molecule has 3 nitrogen and oxygen atoms in total. The monoisotopic (exact) mass is 352 g/mol. The Morgan fingerprint density at radius 2 is 2.24 bits per heavy atom. The predicted molar refractivity (Wildman–Crippen MR) is 76.1 cm³/mol. The van der Waals surface area contributed by atoms with Crippen molar-refractivity contribution in [2.24, 2.45) is 11.3 Å². The number of methoxy groups -OCH3 is 1. The minimum absolute atomic E-state index is 0.152. The number of halogens is 1. The van der Waals surface area contributed by atoms with Gasteiger partial charge in [-0.1, -0.05) is 20.8 Å². The molecule has 0 spiro atoms. The Morgan fingerprint density at radius 3 is 2.71 bits per heavy atom. The Labute approximate surface area is 117 Å². The van der Waals surface area contributed by atoms with Crippen molar-refractivity contribution in [2.45, 2.75) is 33.6 Å². The molecule has 4 heteroatoms. The fraction of sp³-hybridized carbons (Fsp3) is 0.769. The van der Waals surface area contributed by atoms with Crippen molar-refractivity contribution in [2.75, 3.05) is 20.3 Å². The number of allylic oxidation sites excluding steroid dienone is 1. The van der Waals surface area contributed by atoms with Crippen molar-refractivity contribution in [1.82, 2.24) is 0 Å². The first-order chi connectivity index (χ1) is 7.97. The van der Waals surface area contributed by atoms with Crippen molar-refractivity contribution in [3.8, 4) is 0 Å². The molecule has 1 heterocycles. The molecule has 1 rings (SSSR count). The highest BCUT2D eigenvalue weighted by atomic mass is 127. The first kappa shape index (κ1) is 15.0. The summed E-state index contributed by atoms with van der Waals surface area (Å²) in [6, 6.07) is 0. The van der Waals surface area contributed by atoms with E-state index in [1.807, 2.05) is 0 Å². The van der Waals surface area contributed by atoms with E-state index in [2.05, 4.69) is 43.4 Å². The number of ether oxygens (including phenoxy) is 2. The van der Waals surface area contributed by atoms with Crippen LogP contribution in [0.3, 0.4) is 0 Å². The zero-order valence-electron chi connectivity index (χ0n) is 11.0. The minimum Gasteiger partial charge on any atom is -0.468 e. The lowest BCUT2D eigenvalue weighted by atomic mass is 9.75. The second-order valence-electron chi connectivity index (χ2n) is 4.90. The third-order valence-corrected chi connectivity index (χ3v) is 4.56. The normalized spacial score (nSPS) is 27.4. The molecule has 0 aromatic rings. The molecule has 0 bridgehead atoms. The topological polar surface area (TPSA) is 35.5 Å². The lowest BCUT2D eigenvalue weighted by Crippen LogP contribution is -2.36. The van der Waals surface area contributed by atoms with Crippen molar-refractivity contribution in [3.05, 3.63) is 9.15 Å². The maximum absolute atomic E-state index is 12.2. The second-order valence-corrected chi connectivity index (χ2v) is 6.20. The summed E-state index contributed by atoms with van der Waals surface area (Å²) in [5.41, 5.74) is 0.580. The molecular weight excluding hydrogens is 331 g/mol. The van der Waals surface area contributed by atoms with Crippen LogP contribution in [0.1, 0.15) is 33.6 Å². The molecule has 0 N–H and O–H groups in total. The second kappa shape index (κ2) is 6.18. The van der Waals surface area contributed by atoms with E-state index in [0.29, 0.717) is 19.1 Å².